The van der Waals surface area contributed by atoms with Gasteiger partial charge >= 0.3 is 15.3 Å². The number of hydrogen-bond acceptors (Lipinski definition) is 4. The molecule has 0 bridgehead atoms. The van der Waals surface area contributed by atoms with Crippen molar-refractivity contribution in [3.63, 3.8) is 0 Å². The predicted octanol–water partition coefficient (Wildman–Crippen LogP) is -0.301. The van der Waals surface area contributed by atoms with E-state index in [1.54, 1.807) is 0 Å². The van der Waals surface area contributed by atoms with Gasteiger partial charge in [-0.25, -0.2) is 4.79 Å². The second kappa shape index (κ2) is 5.93. The molecule has 2 N–H and O–H groups in total. The zero-order chi connectivity index (χ0) is 9.56. The van der Waals surface area contributed by atoms with Crippen molar-refractivity contribution < 1.29 is 19.1 Å². The molecule has 0 fully saturated rings. The van der Waals surface area contributed by atoms with Crippen molar-refractivity contribution in [1.82, 2.24) is 0 Å². The van der Waals surface area contributed by atoms with Gasteiger partial charge in [0.1, 0.15) is 6.10 Å². The van der Waals surface area contributed by atoms with Gasteiger partial charge in [0.15, 0.2) is 0 Å². The van der Waals surface area contributed by atoms with Crippen LogP contribution in [0.3, 0.4) is 0 Å². The second-order valence-electron chi connectivity index (χ2n) is 2.39. The summed E-state index contributed by atoms with van der Waals surface area (Å²) in [6, 6.07) is 0.177. The Balaban J connectivity index is 3.82. The molecule has 0 aromatic heterocycles. The lowest BCUT2D eigenvalue weighted by molar-refractivity contribution is -0.142. The average molecular weight is 190 g/mol. The maximum Gasteiger partial charge on any atom is 0.330 e. The van der Waals surface area contributed by atoms with Gasteiger partial charge in [0, 0.05) is 12.1 Å². The Morgan fingerprint density at radius 1 is 1.75 bits per heavy atom. The third-order valence-corrected chi connectivity index (χ3v) is 2.33. The Morgan fingerprint density at radius 3 is 2.67 bits per heavy atom. The molecule has 0 amide bonds. The van der Waals surface area contributed by atoms with E-state index < -0.39 is 15.3 Å². The van der Waals surface area contributed by atoms with Gasteiger partial charge < -0.3 is 14.3 Å². The minimum Gasteiger partial charge on any atom is -0.459 e. The quantitative estimate of drug-likeness (QED) is 0.355. The third-order valence-electron chi connectivity index (χ3n) is 1.38. The highest BCUT2D eigenvalue weighted by molar-refractivity contribution is 6.41. The van der Waals surface area contributed by atoms with Gasteiger partial charge in [-0.2, -0.15) is 0 Å². The van der Waals surface area contributed by atoms with E-state index in [4.69, 9.17) is 14.3 Å². The topological polar surface area (TPSA) is 66.8 Å². The standard InChI is InChI=1S/C7H14O4Si/c1-3-6(5-12(9)10)11-7(8)4-2/h4,6,9-10,12H,2-3,5H2,1H3. The van der Waals surface area contributed by atoms with E-state index in [1.807, 2.05) is 6.92 Å². The number of carbonyl (C=O) groups is 1. The molecule has 0 heterocycles. The van der Waals surface area contributed by atoms with Crippen LogP contribution >= 0.6 is 0 Å². The van der Waals surface area contributed by atoms with Crippen LogP contribution in [0.2, 0.25) is 6.04 Å². The molecule has 0 rings (SSSR count). The first-order valence-corrected chi connectivity index (χ1v) is 5.64. The number of hydrogen-bond donors (Lipinski definition) is 2. The Labute approximate surface area is 73.3 Å². The molecule has 0 aromatic carbocycles. The summed E-state index contributed by atoms with van der Waals surface area (Å²) in [6.45, 7) is 5.06. The van der Waals surface area contributed by atoms with Gasteiger partial charge in [-0.1, -0.05) is 13.5 Å². The Bertz CT molecular complexity index is 157. The average Bonchev–Trinajstić information content (AvgIpc) is 2.02. The van der Waals surface area contributed by atoms with Crippen molar-refractivity contribution in [3.8, 4) is 0 Å². The lowest BCUT2D eigenvalue weighted by atomic mass is 10.3. The highest BCUT2D eigenvalue weighted by atomic mass is 28.3. The summed E-state index contributed by atoms with van der Waals surface area (Å²) in [5.74, 6) is -0.517. The van der Waals surface area contributed by atoms with Crippen LogP contribution in [0, 0.1) is 0 Å². The zero-order valence-corrected chi connectivity index (χ0v) is 8.22. The Hall–Kier alpha value is -0.653. The van der Waals surface area contributed by atoms with Crippen LogP contribution in [0.4, 0.5) is 0 Å². The van der Waals surface area contributed by atoms with Crippen molar-refractivity contribution in [2.24, 2.45) is 0 Å². The van der Waals surface area contributed by atoms with E-state index in [-0.39, 0.29) is 12.1 Å². The largest absolute Gasteiger partial charge is 0.459 e. The number of esters is 1. The van der Waals surface area contributed by atoms with Crippen molar-refractivity contribution >= 4 is 15.3 Å². The van der Waals surface area contributed by atoms with Crippen molar-refractivity contribution in [2.45, 2.75) is 25.5 Å². The molecule has 1 unspecified atom stereocenters. The van der Waals surface area contributed by atoms with Crippen molar-refractivity contribution in [2.75, 3.05) is 0 Å². The normalized spacial score (nSPS) is 12.7. The lowest BCUT2D eigenvalue weighted by Gasteiger charge is -2.14. The maximum absolute atomic E-state index is 10.7. The van der Waals surface area contributed by atoms with Gasteiger partial charge in [-0.3, -0.25) is 0 Å². The van der Waals surface area contributed by atoms with E-state index in [9.17, 15) is 4.79 Å². The summed E-state index contributed by atoms with van der Waals surface area (Å²) < 4.78 is 4.82. The van der Waals surface area contributed by atoms with Crippen LogP contribution in [0.5, 0.6) is 0 Å². The molecule has 1 atom stereocenters. The molecule has 70 valence electrons. The lowest BCUT2D eigenvalue weighted by Crippen LogP contribution is -2.24. The Kier molecular flexibility index (Phi) is 5.61. The van der Waals surface area contributed by atoms with Crippen molar-refractivity contribution in [3.05, 3.63) is 12.7 Å². The molecule has 12 heavy (non-hydrogen) atoms. The number of carbonyl (C=O) groups excluding carboxylic acids is 1. The Morgan fingerprint density at radius 2 is 2.33 bits per heavy atom. The molecule has 4 nitrogen and oxygen atoms in total. The molecule has 0 aromatic rings. The maximum atomic E-state index is 10.7. The first-order chi connectivity index (χ1) is 5.60. The minimum absolute atomic E-state index is 0.177. The highest BCUT2D eigenvalue weighted by Gasteiger charge is 2.15. The SMILES string of the molecule is C=CC(=O)OC(CC)C[SiH](O)O. The molecule has 0 saturated carbocycles. The van der Waals surface area contributed by atoms with Crippen LogP contribution in [0.15, 0.2) is 12.7 Å². The minimum atomic E-state index is -2.63. The van der Waals surface area contributed by atoms with Gasteiger partial charge in [0.25, 0.3) is 0 Å². The van der Waals surface area contributed by atoms with Gasteiger partial charge in [0.2, 0.25) is 0 Å². The first kappa shape index (κ1) is 11.3. The molecule has 0 aliphatic heterocycles. The predicted molar refractivity (Wildman–Crippen MR) is 46.8 cm³/mol. The summed E-state index contributed by atoms with van der Waals surface area (Å²) in [4.78, 5) is 28.1. The summed E-state index contributed by atoms with van der Waals surface area (Å²) in [5.41, 5.74) is 0. The molecule has 5 heteroatoms. The summed E-state index contributed by atoms with van der Waals surface area (Å²) in [5, 5.41) is 0. The summed E-state index contributed by atoms with van der Waals surface area (Å²) in [6.07, 6.45) is 1.26. The van der Waals surface area contributed by atoms with Crippen LogP contribution in [-0.4, -0.2) is 30.9 Å². The third kappa shape index (κ3) is 5.06. The number of ether oxygens (including phenoxy) is 1. The van der Waals surface area contributed by atoms with Crippen molar-refractivity contribution in [1.29, 1.82) is 0 Å². The highest BCUT2D eigenvalue weighted by Crippen LogP contribution is 2.05. The van der Waals surface area contributed by atoms with Crippen LogP contribution in [0.25, 0.3) is 0 Å². The van der Waals surface area contributed by atoms with Crippen LogP contribution in [0.1, 0.15) is 13.3 Å². The van der Waals surface area contributed by atoms with E-state index in [0.29, 0.717) is 6.42 Å². The fourth-order valence-electron chi connectivity index (χ4n) is 0.746. The molecular formula is C7H14O4Si. The zero-order valence-electron chi connectivity index (χ0n) is 7.06. The van der Waals surface area contributed by atoms with E-state index in [2.05, 4.69) is 6.58 Å². The first-order valence-electron chi connectivity index (χ1n) is 3.79. The molecule has 0 spiro atoms. The van der Waals surface area contributed by atoms with Crippen LogP contribution < -0.4 is 0 Å². The van der Waals surface area contributed by atoms with Gasteiger partial charge in [0.05, 0.1) is 0 Å². The second-order valence-corrected chi connectivity index (χ2v) is 3.82. The smallest absolute Gasteiger partial charge is 0.330 e. The molecular weight excluding hydrogens is 176 g/mol. The van der Waals surface area contributed by atoms with E-state index in [0.717, 1.165) is 6.08 Å². The molecule has 0 saturated heterocycles. The van der Waals surface area contributed by atoms with Gasteiger partial charge in [-0.05, 0) is 6.42 Å². The fourth-order valence-corrected chi connectivity index (χ4v) is 1.65. The van der Waals surface area contributed by atoms with Gasteiger partial charge in [-0.15, -0.1) is 0 Å². The number of rotatable bonds is 5. The van der Waals surface area contributed by atoms with E-state index in [1.165, 1.54) is 0 Å². The summed E-state index contributed by atoms with van der Waals surface area (Å²) in [7, 11) is -2.63. The molecule has 0 radical (unpaired) electrons. The van der Waals surface area contributed by atoms with Crippen LogP contribution in [-0.2, 0) is 9.53 Å². The monoisotopic (exact) mass is 190 g/mol. The summed E-state index contributed by atoms with van der Waals surface area (Å²) >= 11 is 0. The molecule has 0 aliphatic rings. The van der Waals surface area contributed by atoms with E-state index >= 15 is 0 Å². The fraction of sp³-hybridized carbons (Fsp3) is 0.571. The molecule has 0 aliphatic carbocycles.